The summed E-state index contributed by atoms with van der Waals surface area (Å²) >= 11 is 17.7. The third-order valence-corrected chi connectivity index (χ3v) is 9.49. The number of nitrogens with zero attached hydrogens (tertiary/aromatic N) is 3. The minimum absolute atomic E-state index is 0.114. The number of benzene rings is 3. The molecule has 1 aliphatic carbocycles. The smallest absolute Gasteiger partial charge is 0.311 e. The normalized spacial score (nSPS) is 16.4. The van der Waals surface area contributed by atoms with Crippen molar-refractivity contribution >= 4 is 46.7 Å². The second kappa shape index (κ2) is 16.8. The summed E-state index contributed by atoms with van der Waals surface area (Å²) in [6, 6.07) is 26.6. The van der Waals surface area contributed by atoms with Crippen LogP contribution in [0, 0.1) is 28.6 Å². The van der Waals surface area contributed by atoms with Crippen LogP contribution in [0.1, 0.15) is 80.5 Å². The van der Waals surface area contributed by atoms with Gasteiger partial charge >= 0.3 is 5.97 Å². The molecule has 5 rings (SSSR count). The van der Waals surface area contributed by atoms with Crippen molar-refractivity contribution in [3.05, 3.63) is 123 Å². The number of carbonyl (C=O) groups is 2. The first-order chi connectivity index (χ1) is 24.1. The lowest BCUT2D eigenvalue weighted by Crippen LogP contribution is -2.25. The van der Waals surface area contributed by atoms with E-state index in [0.29, 0.717) is 40.7 Å². The fraction of sp³-hybridized carbons (Fsp3) is 0.350. The van der Waals surface area contributed by atoms with Crippen molar-refractivity contribution in [2.45, 2.75) is 66.0 Å². The van der Waals surface area contributed by atoms with E-state index in [4.69, 9.17) is 44.3 Å². The zero-order valence-corrected chi connectivity index (χ0v) is 32.1. The van der Waals surface area contributed by atoms with Gasteiger partial charge in [0.05, 0.1) is 16.6 Å². The molecule has 268 valence electrons. The van der Waals surface area contributed by atoms with Gasteiger partial charge in [0.15, 0.2) is 0 Å². The van der Waals surface area contributed by atoms with E-state index in [9.17, 15) is 14.9 Å². The molecule has 4 aromatic rings. The highest BCUT2D eigenvalue weighted by molar-refractivity contribution is 6.55. The first-order valence-electron chi connectivity index (χ1n) is 16.6. The van der Waals surface area contributed by atoms with E-state index < -0.39 is 12.1 Å². The van der Waals surface area contributed by atoms with Crippen molar-refractivity contribution in [3.8, 4) is 17.6 Å². The maximum atomic E-state index is 12.6. The number of nitrogens with one attached hydrogen (secondary N) is 1. The second-order valence-corrected chi connectivity index (χ2v) is 15.3. The van der Waals surface area contributed by atoms with Gasteiger partial charge in [0.25, 0.3) is 5.91 Å². The SMILES string of the molecule is CC1(C)[C@H](C=C(Cl)Cl)[C@H]1C(=O)OC(C#N)c1cccc(Oc2ccccc2)c1.CCc1nn(C)c(C(=O)NCc2ccc(C(C)(C)C)cc2)c1Cl. The Morgan fingerprint density at radius 3 is 2.25 bits per heavy atom. The summed E-state index contributed by atoms with van der Waals surface area (Å²) in [5.74, 6) is 0.0852. The number of amides is 1. The van der Waals surface area contributed by atoms with E-state index in [1.807, 2.05) is 69.3 Å². The number of carbonyl (C=O) groups excluding carboxylic acids is 2. The standard InChI is InChI=1S/C22H19Cl2NO3.C18H24ClN3O/c1-22(2)17(12-19(23)24)20(22)21(26)28-18(13-25)14-7-6-10-16(11-14)27-15-8-4-3-5-9-15;1-6-14-15(19)16(22(5)21-14)17(23)20-11-12-7-9-13(10-8-12)18(2,3)4/h3-12,17-18,20H,1-2H3;7-10H,6,11H2,1-5H3,(H,20,23)/t17-,18?,20+;/m1./s1. The number of para-hydroxylation sites is 1. The fourth-order valence-corrected chi connectivity index (χ4v) is 6.36. The molecule has 1 aliphatic rings. The van der Waals surface area contributed by atoms with Crippen molar-refractivity contribution in [1.82, 2.24) is 15.1 Å². The number of allylic oxidation sites excluding steroid dienone is 1. The molecule has 11 heteroatoms. The van der Waals surface area contributed by atoms with Crippen LogP contribution in [0.25, 0.3) is 0 Å². The molecular formula is C40H43Cl3N4O4. The quantitative estimate of drug-likeness (QED) is 0.162. The Balaban J connectivity index is 0.000000233. The van der Waals surface area contributed by atoms with Crippen molar-refractivity contribution in [2.24, 2.45) is 24.3 Å². The van der Waals surface area contributed by atoms with Crippen LogP contribution in [0.2, 0.25) is 5.02 Å². The highest BCUT2D eigenvalue weighted by Gasteiger charge is 2.62. The molecule has 0 spiro atoms. The molecular weight excluding hydrogens is 707 g/mol. The van der Waals surface area contributed by atoms with Crippen molar-refractivity contribution in [3.63, 3.8) is 0 Å². The van der Waals surface area contributed by atoms with Gasteiger partial charge < -0.3 is 14.8 Å². The topological polar surface area (TPSA) is 106 Å². The Kier molecular flexibility index (Phi) is 13.0. The van der Waals surface area contributed by atoms with E-state index in [1.165, 1.54) is 5.56 Å². The van der Waals surface area contributed by atoms with Crippen molar-refractivity contribution in [1.29, 1.82) is 5.26 Å². The monoisotopic (exact) mass is 748 g/mol. The average Bonchev–Trinajstić information content (AvgIpc) is 3.48. The number of rotatable bonds is 10. The minimum atomic E-state index is -1.03. The van der Waals surface area contributed by atoms with Gasteiger partial charge in [-0.15, -0.1) is 0 Å². The molecule has 1 N–H and O–H groups in total. The Labute approximate surface area is 315 Å². The summed E-state index contributed by atoms with van der Waals surface area (Å²) in [6.07, 6.45) is 1.32. The predicted molar refractivity (Wildman–Crippen MR) is 202 cm³/mol. The number of hydrogen-bond donors (Lipinski definition) is 1. The van der Waals surface area contributed by atoms with E-state index in [0.717, 1.165) is 11.3 Å². The molecule has 1 fully saturated rings. The summed E-state index contributed by atoms with van der Waals surface area (Å²) in [4.78, 5) is 25.0. The molecule has 1 saturated carbocycles. The molecule has 51 heavy (non-hydrogen) atoms. The predicted octanol–water partition coefficient (Wildman–Crippen LogP) is 10.0. The molecule has 1 unspecified atom stereocenters. The van der Waals surface area contributed by atoms with Gasteiger partial charge in [-0.1, -0.05) is 131 Å². The number of aromatic nitrogens is 2. The van der Waals surface area contributed by atoms with Gasteiger partial charge in [-0.05, 0) is 64.6 Å². The van der Waals surface area contributed by atoms with Crippen LogP contribution in [0.4, 0.5) is 0 Å². The van der Waals surface area contributed by atoms with E-state index in [2.05, 4.69) is 43.3 Å². The van der Waals surface area contributed by atoms with Crippen LogP contribution in [0.15, 0.2) is 89.4 Å². The van der Waals surface area contributed by atoms with Crippen LogP contribution in [0.5, 0.6) is 11.5 Å². The number of hydrogen-bond acceptors (Lipinski definition) is 6. The Bertz CT molecular complexity index is 1900. The zero-order chi connectivity index (χ0) is 37.5. The van der Waals surface area contributed by atoms with Crippen LogP contribution in [-0.2, 0) is 35.0 Å². The molecule has 1 amide bonds. The molecule has 0 saturated heterocycles. The molecule has 0 aliphatic heterocycles. The maximum absolute atomic E-state index is 12.6. The largest absolute Gasteiger partial charge is 0.457 e. The Hall–Kier alpha value is -4.29. The molecule has 3 aromatic carbocycles. The first kappa shape index (κ1) is 39.5. The van der Waals surface area contributed by atoms with Crippen molar-refractivity contribution in [2.75, 3.05) is 0 Å². The summed E-state index contributed by atoms with van der Waals surface area (Å²) in [6.45, 7) is 12.8. The van der Waals surface area contributed by atoms with E-state index in [-0.39, 0.29) is 33.1 Å². The first-order valence-corrected chi connectivity index (χ1v) is 17.7. The Morgan fingerprint density at radius 1 is 1.04 bits per heavy atom. The van der Waals surface area contributed by atoms with E-state index >= 15 is 0 Å². The highest BCUT2D eigenvalue weighted by Crippen LogP contribution is 2.60. The second-order valence-electron chi connectivity index (χ2n) is 13.9. The van der Waals surface area contributed by atoms with Gasteiger partial charge in [-0.2, -0.15) is 10.4 Å². The van der Waals surface area contributed by atoms with Crippen LogP contribution < -0.4 is 10.1 Å². The third-order valence-electron chi connectivity index (χ3n) is 8.84. The van der Waals surface area contributed by atoms with Gasteiger partial charge in [0.1, 0.15) is 27.8 Å². The molecule has 1 heterocycles. The third kappa shape index (κ3) is 10.2. The van der Waals surface area contributed by atoms with Gasteiger partial charge in [0.2, 0.25) is 6.10 Å². The zero-order valence-electron chi connectivity index (χ0n) is 29.8. The molecule has 1 aromatic heterocycles. The number of esters is 1. The summed E-state index contributed by atoms with van der Waals surface area (Å²) in [5, 5.41) is 17.1. The van der Waals surface area contributed by atoms with Gasteiger partial charge in [-0.3, -0.25) is 14.3 Å². The molecule has 0 radical (unpaired) electrons. The lowest BCUT2D eigenvalue weighted by molar-refractivity contribution is -0.149. The number of halogens is 3. The van der Waals surface area contributed by atoms with Crippen molar-refractivity contribution < 1.29 is 19.1 Å². The molecule has 0 bridgehead atoms. The summed E-state index contributed by atoms with van der Waals surface area (Å²) in [7, 11) is 1.73. The van der Waals surface area contributed by atoms with Crippen LogP contribution in [0.3, 0.4) is 0 Å². The average molecular weight is 750 g/mol. The van der Waals surface area contributed by atoms with Crippen LogP contribution in [-0.4, -0.2) is 21.7 Å². The number of aryl methyl sites for hydroxylation is 2. The highest BCUT2D eigenvalue weighted by atomic mass is 35.5. The number of ether oxygens (including phenoxy) is 2. The van der Waals surface area contributed by atoms with E-state index in [1.54, 1.807) is 42.1 Å². The fourth-order valence-electron chi connectivity index (χ4n) is 5.71. The van der Waals surface area contributed by atoms with Gasteiger partial charge in [-0.25, -0.2) is 0 Å². The molecule has 3 atom stereocenters. The Morgan fingerprint density at radius 2 is 1.69 bits per heavy atom. The lowest BCUT2D eigenvalue weighted by atomic mass is 9.87. The summed E-state index contributed by atoms with van der Waals surface area (Å²) in [5.41, 5.74) is 3.84. The number of nitriles is 1. The summed E-state index contributed by atoms with van der Waals surface area (Å²) < 4.78 is 12.9. The lowest BCUT2D eigenvalue weighted by Gasteiger charge is -2.19. The minimum Gasteiger partial charge on any atom is -0.457 e. The van der Waals surface area contributed by atoms with Gasteiger partial charge in [0, 0.05) is 19.2 Å². The maximum Gasteiger partial charge on any atom is 0.311 e. The molecule has 8 nitrogen and oxygen atoms in total. The van der Waals surface area contributed by atoms with Crippen LogP contribution >= 0.6 is 34.8 Å².